The maximum atomic E-state index is 15.8. The number of hydrogen-bond acceptors (Lipinski definition) is 7. The second-order valence-corrected chi connectivity index (χ2v) is 8.55. The van der Waals surface area contributed by atoms with Gasteiger partial charge in [-0.05, 0) is 43.7 Å². The number of aromatic carboxylic acids is 1. The Hall–Kier alpha value is -4.83. The van der Waals surface area contributed by atoms with Crippen LogP contribution in [0, 0.1) is 19.7 Å². The Morgan fingerprint density at radius 1 is 1.08 bits per heavy atom. The Morgan fingerprint density at radius 2 is 1.82 bits per heavy atom. The first-order valence-electron chi connectivity index (χ1n) is 11.8. The summed E-state index contributed by atoms with van der Waals surface area (Å²) in [6.45, 7) is 3.23. The van der Waals surface area contributed by atoms with Gasteiger partial charge in [0.1, 0.15) is 17.9 Å². The lowest BCUT2D eigenvalue weighted by molar-refractivity contribution is 0.0698. The highest BCUT2D eigenvalue weighted by molar-refractivity contribution is 5.97. The molecule has 5 rings (SSSR count). The second kappa shape index (κ2) is 10.3. The standard InChI is InChI=1S/C28H24FN5O4/c1-16-7-3-6-10-22(16)34-27(32-20-9-5-4-8-18(20)28(36)37)23(17(2)33-34)19-15-21-25(31-12-11-30-21)24(29)26(19)38-14-13-35/h3-12,15,32,35H,13-14H2,1-2H3,(H,36,37). The molecule has 0 radical (unpaired) electrons. The fraction of sp³-hybridized carbons (Fsp3) is 0.143. The number of benzene rings is 3. The Labute approximate surface area is 217 Å². The number of aromatic nitrogens is 4. The molecule has 0 fully saturated rings. The van der Waals surface area contributed by atoms with Gasteiger partial charge in [0.05, 0.1) is 40.3 Å². The minimum absolute atomic E-state index is 0.0267. The molecule has 2 aromatic heterocycles. The molecule has 0 unspecified atom stereocenters. The van der Waals surface area contributed by atoms with Crippen molar-refractivity contribution in [2.45, 2.75) is 13.8 Å². The zero-order chi connectivity index (χ0) is 26.8. The number of hydrogen-bond donors (Lipinski definition) is 3. The summed E-state index contributed by atoms with van der Waals surface area (Å²) in [4.78, 5) is 20.4. The average molecular weight is 514 g/mol. The zero-order valence-electron chi connectivity index (χ0n) is 20.6. The molecule has 0 aliphatic heterocycles. The molecule has 192 valence electrons. The van der Waals surface area contributed by atoms with Crippen molar-refractivity contribution in [3.8, 4) is 22.6 Å². The Balaban J connectivity index is 1.83. The molecule has 0 saturated carbocycles. The molecule has 2 heterocycles. The predicted molar refractivity (Wildman–Crippen MR) is 141 cm³/mol. The van der Waals surface area contributed by atoms with E-state index in [9.17, 15) is 15.0 Å². The van der Waals surface area contributed by atoms with Crippen molar-refractivity contribution in [1.29, 1.82) is 0 Å². The van der Waals surface area contributed by atoms with Crippen molar-refractivity contribution in [2.24, 2.45) is 0 Å². The van der Waals surface area contributed by atoms with Crippen LogP contribution in [0.4, 0.5) is 15.9 Å². The molecule has 3 aromatic carbocycles. The number of nitrogens with zero attached hydrogens (tertiary/aromatic N) is 4. The summed E-state index contributed by atoms with van der Waals surface area (Å²) in [5.41, 5.74) is 3.72. The van der Waals surface area contributed by atoms with Crippen LogP contribution in [-0.4, -0.2) is 49.1 Å². The molecule has 5 aromatic rings. The van der Waals surface area contributed by atoms with Gasteiger partial charge < -0.3 is 20.3 Å². The lowest BCUT2D eigenvalue weighted by atomic mass is 10.0. The average Bonchev–Trinajstić information content (AvgIpc) is 3.23. The summed E-state index contributed by atoms with van der Waals surface area (Å²) in [5, 5.41) is 27.2. The molecule has 0 atom stereocenters. The maximum absolute atomic E-state index is 15.8. The van der Waals surface area contributed by atoms with E-state index < -0.39 is 11.8 Å². The number of carboxylic acid groups (broad SMARTS) is 1. The quantitative estimate of drug-likeness (QED) is 0.263. The molecule has 0 aliphatic carbocycles. The first-order chi connectivity index (χ1) is 18.4. The van der Waals surface area contributed by atoms with Crippen LogP contribution in [0.2, 0.25) is 0 Å². The number of halogens is 1. The SMILES string of the molecule is Cc1ccccc1-n1nc(C)c(-c2cc3nccnc3c(F)c2OCCO)c1Nc1ccccc1C(=O)O. The van der Waals surface area contributed by atoms with Crippen molar-refractivity contribution in [3.63, 3.8) is 0 Å². The summed E-state index contributed by atoms with van der Waals surface area (Å²) >= 11 is 0. The number of ether oxygens (including phenoxy) is 1. The van der Waals surface area contributed by atoms with E-state index in [1.54, 1.807) is 35.9 Å². The number of rotatable bonds is 8. The van der Waals surface area contributed by atoms with E-state index in [4.69, 9.17) is 9.84 Å². The number of fused-ring (bicyclic) bond motifs is 1. The van der Waals surface area contributed by atoms with Crippen LogP contribution in [0.15, 0.2) is 67.0 Å². The summed E-state index contributed by atoms with van der Waals surface area (Å²) in [5.74, 6) is -1.54. The molecule has 10 heteroatoms. The van der Waals surface area contributed by atoms with Crippen molar-refractivity contribution in [3.05, 3.63) is 89.6 Å². The Morgan fingerprint density at radius 3 is 2.58 bits per heavy atom. The van der Waals surface area contributed by atoms with Gasteiger partial charge in [-0.3, -0.25) is 4.98 Å². The smallest absolute Gasteiger partial charge is 0.337 e. The van der Waals surface area contributed by atoms with Gasteiger partial charge in [-0.2, -0.15) is 5.10 Å². The van der Waals surface area contributed by atoms with Crippen LogP contribution >= 0.6 is 0 Å². The number of carbonyl (C=O) groups is 1. The van der Waals surface area contributed by atoms with Crippen LogP contribution in [-0.2, 0) is 0 Å². The Bertz CT molecular complexity index is 1670. The molecule has 38 heavy (non-hydrogen) atoms. The zero-order valence-corrected chi connectivity index (χ0v) is 20.6. The molecule has 0 spiro atoms. The van der Waals surface area contributed by atoms with Gasteiger partial charge in [0.2, 0.25) is 0 Å². The van der Waals surface area contributed by atoms with E-state index in [0.717, 1.165) is 11.3 Å². The largest absolute Gasteiger partial charge is 0.487 e. The van der Waals surface area contributed by atoms with Gasteiger partial charge in [-0.15, -0.1) is 0 Å². The predicted octanol–water partition coefficient (Wildman–Crippen LogP) is 5.05. The molecular formula is C28H24FN5O4. The summed E-state index contributed by atoms with van der Waals surface area (Å²) in [7, 11) is 0. The van der Waals surface area contributed by atoms with E-state index in [2.05, 4.69) is 15.3 Å². The lowest BCUT2D eigenvalue weighted by Gasteiger charge is -2.17. The van der Waals surface area contributed by atoms with Gasteiger partial charge in [0.15, 0.2) is 11.6 Å². The third-order valence-electron chi connectivity index (χ3n) is 6.08. The number of aliphatic hydroxyl groups excluding tert-OH is 1. The van der Waals surface area contributed by atoms with Crippen molar-refractivity contribution < 1.29 is 24.1 Å². The van der Waals surface area contributed by atoms with Gasteiger partial charge in [0, 0.05) is 18.0 Å². The molecular weight excluding hydrogens is 489 g/mol. The molecule has 0 aliphatic rings. The van der Waals surface area contributed by atoms with E-state index >= 15 is 4.39 Å². The summed E-state index contributed by atoms with van der Waals surface area (Å²) in [6, 6.07) is 15.7. The fourth-order valence-corrected chi connectivity index (χ4v) is 4.37. The molecule has 0 saturated heterocycles. The Kier molecular flexibility index (Phi) is 6.71. The first kappa shape index (κ1) is 24.8. The highest BCUT2D eigenvalue weighted by atomic mass is 19.1. The van der Waals surface area contributed by atoms with Crippen LogP contribution in [0.3, 0.4) is 0 Å². The third-order valence-corrected chi connectivity index (χ3v) is 6.08. The second-order valence-electron chi connectivity index (χ2n) is 8.55. The lowest BCUT2D eigenvalue weighted by Crippen LogP contribution is -2.09. The molecule has 9 nitrogen and oxygen atoms in total. The number of nitrogens with one attached hydrogen (secondary N) is 1. The highest BCUT2D eigenvalue weighted by Gasteiger charge is 2.27. The fourth-order valence-electron chi connectivity index (χ4n) is 4.37. The highest BCUT2D eigenvalue weighted by Crippen LogP contribution is 2.43. The summed E-state index contributed by atoms with van der Waals surface area (Å²) < 4.78 is 23.1. The van der Waals surface area contributed by atoms with E-state index in [1.807, 2.05) is 31.2 Å². The number of anilines is 2. The number of aliphatic hydroxyl groups is 1. The monoisotopic (exact) mass is 513 g/mol. The first-order valence-corrected chi connectivity index (χ1v) is 11.8. The van der Waals surface area contributed by atoms with E-state index in [0.29, 0.717) is 33.8 Å². The molecule has 0 amide bonds. The number of para-hydroxylation sites is 2. The van der Waals surface area contributed by atoms with E-state index in [1.165, 1.54) is 18.5 Å². The van der Waals surface area contributed by atoms with Gasteiger partial charge in [-0.1, -0.05) is 30.3 Å². The third kappa shape index (κ3) is 4.41. The molecule has 0 bridgehead atoms. The molecule has 3 N–H and O–H groups in total. The van der Waals surface area contributed by atoms with Crippen LogP contribution in [0.25, 0.3) is 27.8 Å². The number of aryl methyl sites for hydroxylation is 2. The van der Waals surface area contributed by atoms with Gasteiger partial charge in [0.25, 0.3) is 0 Å². The maximum Gasteiger partial charge on any atom is 0.337 e. The summed E-state index contributed by atoms with van der Waals surface area (Å²) in [6.07, 6.45) is 2.85. The number of carboxylic acids is 1. The normalized spacial score (nSPS) is 11.1. The van der Waals surface area contributed by atoms with Gasteiger partial charge in [-0.25, -0.2) is 18.9 Å². The van der Waals surface area contributed by atoms with Crippen LogP contribution in [0.1, 0.15) is 21.6 Å². The van der Waals surface area contributed by atoms with Crippen molar-refractivity contribution >= 4 is 28.5 Å². The van der Waals surface area contributed by atoms with E-state index in [-0.39, 0.29) is 30.0 Å². The minimum atomic E-state index is -1.10. The van der Waals surface area contributed by atoms with Crippen molar-refractivity contribution in [1.82, 2.24) is 19.7 Å². The van der Waals surface area contributed by atoms with Gasteiger partial charge >= 0.3 is 5.97 Å². The topological polar surface area (TPSA) is 122 Å². The van der Waals surface area contributed by atoms with Crippen LogP contribution < -0.4 is 10.1 Å². The van der Waals surface area contributed by atoms with Crippen LogP contribution in [0.5, 0.6) is 5.75 Å². The van der Waals surface area contributed by atoms with Crippen molar-refractivity contribution in [2.75, 3.05) is 18.5 Å². The minimum Gasteiger partial charge on any atom is -0.487 e.